The van der Waals surface area contributed by atoms with E-state index in [-0.39, 0.29) is 0 Å². The van der Waals surface area contributed by atoms with E-state index in [1.54, 1.807) is 0 Å². The fraction of sp³-hybridized carbons (Fsp3) is 0.867. The topological polar surface area (TPSA) is 49.2 Å². The molecule has 6 nitrogen and oxygen atoms in total. The summed E-state index contributed by atoms with van der Waals surface area (Å²) in [5.41, 5.74) is 1.02. The van der Waals surface area contributed by atoms with Crippen LogP contribution in [0.2, 0.25) is 0 Å². The van der Waals surface area contributed by atoms with Gasteiger partial charge in [0.15, 0.2) is 0 Å². The van der Waals surface area contributed by atoms with E-state index in [1.807, 2.05) is 4.68 Å². The first-order valence-corrected chi connectivity index (χ1v) is 7.97. The molecule has 1 N–H and O–H groups in total. The molecule has 0 bridgehead atoms. The van der Waals surface area contributed by atoms with Gasteiger partial charge >= 0.3 is 0 Å². The molecule has 1 aromatic rings. The van der Waals surface area contributed by atoms with E-state index in [9.17, 15) is 0 Å². The Morgan fingerprint density at radius 2 is 2.10 bits per heavy atom. The van der Waals surface area contributed by atoms with Gasteiger partial charge in [-0.2, -0.15) is 0 Å². The van der Waals surface area contributed by atoms with Crippen LogP contribution >= 0.6 is 0 Å². The highest BCUT2D eigenvalue weighted by molar-refractivity contribution is 4.92. The molecule has 2 heterocycles. The van der Waals surface area contributed by atoms with Gasteiger partial charge in [0, 0.05) is 44.5 Å². The highest BCUT2D eigenvalue weighted by Crippen LogP contribution is 2.19. The van der Waals surface area contributed by atoms with Crippen LogP contribution in [-0.2, 0) is 13.1 Å². The summed E-state index contributed by atoms with van der Waals surface area (Å²) in [5.74, 6) is 0.738. The van der Waals surface area contributed by atoms with Crippen LogP contribution < -0.4 is 5.32 Å². The molecule has 0 saturated carbocycles. The van der Waals surface area contributed by atoms with Crippen molar-refractivity contribution >= 4 is 0 Å². The Kier molecular flexibility index (Phi) is 5.72. The fourth-order valence-electron chi connectivity index (χ4n) is 2.98. The Labute approximate surface area is 128 Å². The highest BCUT2D eigenvalue weighted by Gasteiger charge is 2.30. The lowest BCUT2D eigenvalue weighted by molar-refractivity contribution is 0.248. The second-order valence-corrected chi connectivity index (χ2v) is 6.78. The third-order valence-corrected chi connectivity index (χ3v) is 4.23. The van der Waals surface area contributed by atoms with Gasteiger partial charge in [0.05, 0.1) is 12.2 Å². The number of aromatic nitrogens is 3. The van der Waals surface area contributed by atoms with E-state index in [2.05, 4.69) is 66.5 Å². The fourth-order valence-corrected chi connectivity index (χ4v) is 2.98. The molecule has 0 spiro atoms. The molecule has 1 aromatic heterocycles. The summed E-state index contributed by atoms with van der Waals surface area (Å²) in [6.07, 6.45) is 2.05. The summed E-state index contributed by atoms with van der Waals surface area (Å²) in [5, 5.41) is 11.8. The first kappa shape index (κ1) is 16.4. The molecule has 21 heavy (non-hydrogen) atoms. The second kappa shape index (κ2) is 7.33. The van der Waals surface area contributed by atoms with Crippen molar-refractivity contribution in [1.29, 1.82) is 0 Å². The molecule has 1 saturated heterocycles. The predicted octanol–water partition coefficient (Wildman–Crippen LogP) is 0.658. The normalized spacial score (nSPS) is 23.6. The number of hydrogen-bond donors (Lipinski definition) is 1. The zero-order valence-corrected chi connectivity index (χ0v) is 14.1. The minimum atomic E-state index is 0.476. The van der Waals surface area contributed by atoms with Crippen molar-refractivity contribution < 1.29 is 0 Å². The zero-order chi connectivity index (χ0) is 15.4. The summed E-state index contributed by atoms with van der Waals surface area (Å²) in [7, 11) is 4.35. The summed E-state index contributed by atoms with van der Waals surface area (Å²) in [6.45, 7) is 11.7. The number of likely N-dealkylation sites (N-methyl/N-ethyl adjacent to an activating group) is 1. The highest BCUT2D eigenvalue weighted by atomic mass is 15.4. The Morgan fingerprint density at radius 3 is 2.71 bits per heavy atom. The van der Waals surface area contributed by atoms with E-state index < -0.39 is 0 Å². The van der Waals surface area contributed by atoms with Crippen LogP contribution in [0.1, 0.15) is 26.5 Å². The molecule has 2 rings (SSSR count). The van der Waals surface area contributed by atoms with Gasteiger partial charge in [-0.05, 0) is 20.0 Å². The van der Waals surface area contributed by atoms with Crippen LogP contribution in [0.4, 0.5) is 0 Å². The van der Waals surface area contributed by atoms with Gasteiger partial charge in [0.2, 0.25) is 0 Å². The Morgan fingerprint density at radius 1 is 1.33 bits per heavy atom. The average molecular weight is 294 g/mol. The minimum absolute atomic E-state index is 0.476. The van der Waals surface area contributed by atoms with Gasteiger partial charge in [-0.15, -0.1) is 5.10 Å². The smallest absolute Gasteiger partial charge is 0.0964 e. The van der Waals surface area contributed by atoms with Gasteiger partial charge < -0.3 is 10.2 Å². The second-order valence-electron chi connectivity index (χ2n) is 6.78. The lowest BCUT2D eigenvalue weighted by Crippen LogP contribution is -2.34. The maximum atomic E-state index is 4.22. The van der Waals surface area contributed by atoms with E-state index in [1.165, 1.54) is 6.54 Å². The van der Waals surface area contributed by atoms with Crippen LogP contribution in [0.25, 0.3) is 0 Å². The van der Waals surface area contributed by atoms with Crippen LogP contribution in [0, 0.1) is 5.92 Å². The zero-order valence-electron chi connectivity index (χ0n) is 14.1. The lowest BCUT2D eigenvalue weighted by atomic mass is 10.1. The van der Waals surface area contributed by atoms with E-state index in [4.69, 9.17) is 0 Å². The van der Waals surface area contributed by atoms with Crippen molar-refractivity contribution in [2.75, 3.05) is 33.7 Å². The van der Waals surface area contributed by atoms with Gasteiger partial charge in [-0.1, -0.05) is 26.0 Å². The molecular formula is C15H30N6. The molecule has 1 fully saturated rings. The predicted molar refractivity (Wildman–Crippen MR) is 85.1 cm³/mol. The Bertz CT molecular complexity index is 428. The molecule has 0 radical (unpaired) electrons. The van der Waals surface area contributed by atoms with Crippen LogP contribution in [0.15, 0.2) is 6.20 Å². The lowest BCUT2D eigenvalue weighted by Gasteiger charge is -2.22. The van der Waals surface area contributed by atoms with Crippen molar-refractivity contribution in [3.63, 3.8) is 0 Å². The minimum Gasteiger partial charge on any atom is -0.309 e. The molecule has 6 heteroatoms. The Balaban J connectivity index is 1.76. The molecule has 0 aromatic carbocycles. The van der Waals surface area contributed by atoms with Crippen molar-refractivity contribution in [2.24, 2.45) is 5.92 Å². The van der Waals surface area contributed by atoms with Crippen LogP contribution in [0.5, 0.6) is 0 Å². The van der Waals surface area contributed by atoms with Crippen molar-refractivity contribution in [3.8, 4) is 0 Å². The number of rotatable bonds is 7. The molecule has 1 aliphatic heterocycles. The van der Waals surface area contributed by atoms with Crippen LogP contribution in [-0.4, -0.2) is 70.6 Å². The van der Waals surface area contributed by atoms with Gasteiger partial charge in [-0.3, -0.25) is 9.58 Å². The molecule has 2 atom stereocenters. The number of likely N-dealkylation sites (tertiary alicyclic amines) is 1. The number of hydrogen-bond acceptors (Lipinski definition) is 5. The summed E-state index contributed by atoms with van der Waals surface area (Å²) in [4.78, 5) is 4.87. The molecule has 0 amide bonds. The summed E-state index contributed by atoms with van der Waals surface area (Å²) in [6, 6.07) is 1.15. The first-order chi connectivity index (χ1) is 9.95. The molecule has 1 aliphatic rings. The van der Waals surface area contributed by atoms with Crippen molar-refractivity contribution in [2.45, 2.75) is 45.9 Å². The molecular weight excluding hydrogens is 264 g/mol. The summed E-state index contributed by atoms with van der Waals surface area (Å²) >= 11 is 0. The summed E-state index contributed by atoms with van der Waals surface area (Å²) < 4.78 is 1.96. The SMILES string of the molecule is CC(C)NCc1cn(CCN2CC(C)C(N(C)C)C2)nn1. The van der Waals surface area contributed by atoms with E-state index in [0.29, 0.717) is 12.1 Å². The largest absolute Gasteiger partial charge is 0.309 e. The standard InChI is InChI=1S/C15H30N6/c1-12(2)16-8-14-10-21(18-17-14)7-6-20-9-13(3)15(11-20)19(4)5/h10,12-13,15-16H,6-9,11H2,1-5H3. The average Bonchev–Trinajstić information content (AvgIpc) is 3.00. The van der Waals surface area contributed by atoms with Crippen molar-refractivity contribution in [3.05, 3.63) is 11.9 Å². The van der Waals surface area contributed by atoms with Gasteiger partial charge in [0.1, 0.15) is 0 Å². The van der Waals surface area contributed by atoms with Crippen molar-refractivity contribution in [1.82, 2.24) is 30.1 Å². The quantitative estimate of drug-likeness (QED) is 0.800. The molecule has 0 aliphatic carbocycles. The first-order valence-electron chi connectivity index (χ1n) is 7.97. The van der Waals surface area contributed by atoms with E-state index in [0.717, 1.165) is 37.8 Å². The Hall–Kier alpha value is -0.980. The maximum Gasteiger partial charge on any atom is 0.0964 e. The monoisotopic (exact) mass is 294 g/mol. The maximum absolute atomic E-state index is 4.22. The van der Waals surface area contributed by atoms with Crippen LogP contribution in [0.3, 0.4) is 0 Å². The van der Waals surface area contributed by atoms with Gasteiger partial charge in [-0.25, -0.2) is 0 Å². The third-order valence-electron chi connectivity index (χ3n) is 4.23. The molecule has 120 valence electrons. The number of nitrogens with zero attached hydrogens (tertiary/aromatic N) is 5. The van der Waals surface area contributed by atoms with Gasteiger partial charge in [0.25, 0.3) is 0 Å². The number of nitrogens with one attached hydrogen (secondary N) is 1. The molecule has 2 unspecified atom stereocenters. The third kappa shape index (κ3) is 4.76. The van der Waals surface area contributed by atoms with E-state index >= 15 is 0 Å².